The molecule has 1 heterocycles. The lowest BCUT2D eigenvalue weighted by molar-refractivity contribution is -0.0328. The van der Waals surface area contributed by atoms with Crippen LogP contribution in [-0.4, -0.2) is 37.1 Å². The lowest BCUT2D eigenvalue weighted by Gasteiger charge is -2.31. The van der Waals surface area contributed by atoms with E-state index in [0.717, 1.165) is 37.7 Å². The van der Waals surface area contributed by atoms with Crippen LogP contribution in [0.3, 0.4) is 0 Å². The van der Waals surface area contributed by atoms with Crippen LogP contribution < -0.4 is 5.32 Å². The Kier molecular flexibility index (Phi) is 5.96. The molecule has 1 aliphatic heterocycles. The van der Waals surface area contributed by atoms with Crippen LogP contribution in [0, 0.1) is 5.92 Å². The van der Waals surface area contributed by atoms with E-state index in [1.807, 2.05) is 7.05 Å². The van der Waals surface area contributed by atoms with Crippen LogP contribution in [0.4, 0.5) is 13.2 Å². The first kappa shape index (κ1) is 16.6. The van der Waals surface area contributed by atoms with Gasteiger partial charge in [0.2, 0.25) is 0 Å². The Bertz CT molecular complexity index is 426. The molecule has 0 atom stereocenters. The maximum atomic E-state index is 12.3. The van der Waals surface area contributed by atoms with E-state index in [1.165, 1.54) is 12.8 Å². The molecule has 1 saturated heterocycles. The molecular weight excluding hydrogens is 297 g/mol. The summed E-state index contributed by atoms with van der Waals surface area (Å²) in [5.41, 5.74) is -3.13. The highest BCUT2D eigenvalue weighted by Gasteiger charge is 2.29. The molecule has 0 amide bonds. The van der Waals surface area contributed by atoms with Gasteiger partial charge in [0.25, 0.3) is 0 Å². The number of likely N-dealkylation sites (tertiary alicyclic amines) is 1. The van der Waals surface area contributed by atoms with Gasteiger partial charge in [0.05, 0.1) is 0 Å². The van der Waals surface area contributed by atoms with Crippen molar-refractivity contribution in [1.29, 1.82) is 0 Å². The zero-order valence-electron chi connectivity index (χ0n) is 12.1. The molecule has 1 fully saturated rings. The van der Waals surface area contributed by atoms with Gasteiger partial charge in [-0.2, -0.15) is 13.2 Å². The number of nitrogens with zero attached hydrogens (tertiary/aromatic N) is 1. The molecule has 6 heteroatoms. The van der Waals surface area contributed by atoms with Crippen LogP contribution in [0.1, 0.15) is 18.4 Å². The van der Waals surface area contributed by atoms with Crippen molar-refractivity contribution in [2.75, 3.05) is 26.7 Å². The van der Waals surface area contributed by atoms with E-state index in [9.17, 15) is 13.2 Å². The minimum atomic E-state index is -4.21. The van der Waals surface area contributed by atoms with Gasteiger partial charge in [-0.3, -0.25) is 4.90 Å². The van der Waals surface area contributed by atoms with Gasteiger partial charge >= 0.3 is 5.51 Å². The highest BCUT2D eigenvalue weighted by atomic mass is 32.2. The van der Waals surface area contributed by atoms with Crippen LogP contribution in [0.5, 0.6) is 0 Å². The van der Waals surface area contributed by atoms with Crippen molar-refractivity contribution in [3.63, 3.8) is 0 Å². The fourth-order valence-electron chi connectivity index (χ4n) is 2.69. The third-order valence-corrected chi connectivity index (χ3v) is 4.50. The van der Waals surface area contributed by atoms with Crippen molar-refractivity contribution in [1.82, 2.24) is 10.2 Å². The second kappa shape index (κ2) is 7.51. The quantitative estimate of drug-likeness (QED) is 0.833. The van der Waals surface area contributed by atoms with Crippen LogP contribution in [0.15, 0.2) is 29.2 Å². The van der Waals surface area contributed by atoms with E-state index < -0.39 is 5.51 Å². The molecule has 1 N–H and O–H groups in total. The molecule has 0 radical (unpaired) electrons. The zero-order chi connectivity index (χ0) is 15.3. The van der Waals surface area contributed by atoms with Gasteiger partial charge < -0.3 is 5.32 Å². The molecule has 0 saturated carbocycles. The zero-order valence-corrected chi connectivity index (χ0v) is 12.9. The maximum Gasteiger partial charge on any atom is 0.446 e. The summed E-state index contributed by atoms with van der Waals surface area (Å²) in [7, 11) is 1.98. The highest BCUT2D eigenvalue weighted by Crippen LogP contribution is 2.36. The molecule has 1 aliphatic rings. The summed E-state index contributed by atoms with van der Waals surface area (Å²) in [5, 5.41) is 3.21. The predicted octanol–water partition coefficient (Wildman–Crippen LogP) is 3.73. The van der Waals surface area contributed by atoms with Crippen LogP contribution >= 0.6 is 11.8 Å². The van der Waals surface area contributed by atoms with Crippen LogP contribution in [0.25, 0.3) is 0 Å². The number of hydrogen-bond acceptors (Lipinski definition) is 3. The molecule has 2 rings (SSSR count). The Labute approximate surface area is 128 Å². The van der Waals surface area contributed by atoms with Crippen molar-refractivity contribution in [2.24, 2.45) is 5.92 Å². The van der Waals surface area contributed by atoms with Crippen molar-refractivity contribution in [2.45, 2.75) is 29.8 Å². The molecular formula is C15H21F3N2S. The third kappa shape index (κ3) is 5.88. The SMILES string of the molecule is CNCC1CCN(Cc2ccc(SC(F)(F)F)cc2)CC1. The number of benzene rings is 1. The Morgan fingerprint density at radius 2 is 1.81 bits per heavy atom. The first-order valence-corrected chi connectivity index (χ1v) is 7.99. The average Bonchev–Trinajstić information content (AvgIpc) is 2.42. The summed E-state index contributed by atoms with van der Waals surface area (Å²) >= 11 is -0.0593. The fourth-order valence-corrected chi connectivity index (χ4v) is 3.23. The van der Waals surface area contributed by atoms with E-state index in [2.05, 4.69) is 10.2 Å². The van der Waals surface area contributed by atoms with E-state index in [4.69, 9.17) is 0 Å². The summed E-state index contributed by atoms with van der Waals surface area (Å²) in [6, 6.07) is 6.71. The molecule has 1 aromatic rings. The number of nitrogens with one attached hydrogen (secondary N) is 1. The molecule has 0 aliphatic carbocycles. The lowest BCUT2D eigenvalue weighted by atomic mass is 9.96. The van der Waals surface area contributed by atoms with Gasteiger partial charge in [-0.05, 0) is 74.9 Å². The van der Waals surface area contributed by atoms with Gasteiger partial charge in [0.15, 0.2) is 0 Å². The number of thioether (sulfide) groups is 1. The number of hydrogen-bond donors (Lipinski definition) is 1. The van der Waals surface area contributed by atoms with Crippen LogP contribution in [0.2, 0.25) is 0 Å². The molecule has 0 bridgehead atoms. The number of halogens is 3. The van der Waals surface area contributed by atoms with Crippen LogP contribution in [-0.2, 0) is 6.54 Å². The number of piperidine rings is 1. The highest BCUT2D eigenvalue weighted by molar-refractivity contribution is 8.00. The summed E-state index contributed by atoms with van der Waals surface area (Å²) in [5.74, 6) is 0.747. The number of alkyl halides is 3. The van der Waals surface area contributed by atoms with Crippen molar-refractivity contribution in [3.8, 4) is 0 Å². The normalized spacial score (nSPS) is 18.1. The Morgan fingerprint density at radius 1 is 1.19 bits per heavy atom. The minimum Gasteiger partial charge on any atom is -0.319 e. The first-order chi connectivity index (χ1) is 9.96. The van der Waals surface area contributed by atoms with E-state index in [0.29, 0.717) is 0 Å². The van der Waals surface area contributed by atoms with Gasteiger partial charge in [-0.15, -0.1) is 0 Å². The molecule has 2 nitrogen and oxygen atoms in total. The standard InChI is InChI=1S/C15H21F3N2S/c1-19-10-12-6-8-20(9-7-12)11-13-2-4-14(5-3-13)21-15(16,17)18/h2-5,12,19H,6-11H2,1H3. The van der Waals surface area contributed by atoms with Crippen molar-refractivity contribution >= 4 is 11.8 Å². The smallest absolute Gasteiger partial charge is 0.319 e. The second-order valence-electron chi connectivity index (χ2n) is 5.47. The Balaban J connectivity index is 1.81. The number of rotatable bonds is 5. The molecule has 1 aromatic carbocycles. The lowest BCUT2D eigenvalue weighted by Crippen LogP contribution is -2.36. The van der Waals surface area contributed by atoms with Gasteiger partial charge in [-0.1, -0.05) is 12.1 Å². The van der Waals surface area contributed by atoms with Crippen molar-refractivity contribution in [3.05, 3.63) is 29.8 Å². The second-order valence-corrected chi connectivity index (χ2v) is 6.61. The maximum absolute atomic E-state index is 12.3. The molecule has 0 unspecified atom stereocenters. The molecule has 0 spiro atoms. The van der Waals surface area contributed by atoms with Gasteiger partial charge in [0, 0.05) is 11.4 Å². The third-order valence-electron chi connectivity index (χ3n) is 3.76. The molecule has 0 aromatic heterocycles. The monoisotopic (exact) mass is 318 g/mol. The van der Waals surface area contributed by atoms with E-state index in [-0.39, 0.29) is 16.7 Å². The summed E-state index contributed by atoms with van der Waals surface area (Å²) in [6.07, 6.45) is 2.37. The largest absolute Gasteiger partial charge is 0.446 e. The summed E-state index contributed by atoms with van der Waals surface area (Å²) in [4.78, 5) is 2.62. The van der Waals surface area contributed by atoms with E-state index >= 15 is 0 Å². The topological polar surface area (TPSA) is 15.3 Å². The van der Waals surface area contributed by atoms with Crippen molar-refractivity contribution < 1.29 is 13.2 Å². The fraction of sp³-hybridized carbons (Fsp3) is 0.600. The predicted molar refractivity (Wildman–Crippen MR) is 80.3 cm³/mol. The van der Waals surface area contributed by atoms with Gasteiger partial charge in [0.1, 0.15) is 0 Å². The molecule has 21 heavy (non-hydrogen) atoms. The minimum absolute atomic E-state index is 0.0593. The summed E-state index contributed by atoms with van der Waals surface area (Å²) < 4.78 is 36.8. The average molecular weight is 318 g/mol. The molecule has 118 valence electrons. The summed E-state index contributed by atoms with van der Waals surface area (Å²) in [6.45, 7) is 4.01. The first-order valence-electron chi connectivity index (χ1n) is 7.18. The Hall–Kier alpha value is -0.720. The van der Waals surface area contributed by atoms with E-state index in [1.54, 1.807) is 24.3 Å². The van der Waals surface area contributed by atoms with Gasteiger partial charge in [-0.25, -0.2) is 0 Å². The Morgan fingerprint density at radius 3 is 2.33 bits per heavy atom.